The van der Waals surface area contributed by atoms with Crippen LogP contribution in [0.25, 0.3) is 77.2 Å². The highest BCUT2D eigenvalue weighted by Gasteiger charge is 2.52. The Labute approximate surface area is 391 Å². The van der Waals surface area contributed by atoms with Gasteiger partial charge in [0.25, 0.3) is 0 Å². The predicted octanol–water partition coefficient (Wildman–Crippen LogP) is 17.4. The Hall–Kier alpha value is -8.26. The van der Waals surface area contributed by atoms with Gasteiger partial charge < -0.3 is 4.90 Å². The van der Waals surface area contributed by atoms with Gasteiger partial charge in [0.15, 0.2) is 0 Å². The molecular formula is C66H45N. The van der Waals surface area contributed by atoms with Gasteiger partial charge >= 0.3 is 0 Å². The number of hydrogen-bond acceptors (Lipinski definition) is 1. The zero-order chi connectivity index (χ0) is 44.4. The van der Waals surface area contributed by atoms with Crippen LogP contribution in [-0.4, -0.2) is 0 Å². The average Bonchev–Trinajstić information content (AvgIpc) is 3.96. The fourth-order valence-corrected chi connectivity index (χ4v) is 12.7. The molecule has 11 aromatic carbocycles. The van der Waals surface area contributed by atoms with E-state index < -0.39 is 5.41 Å². The Balaban J connectivity index is 0.989. The number of rotatable bonds is 5. The normalized spacial score (nSPS) is 14.1. The molecule has 1 nitrogen and oxygen atoms in total. The molecule has 0 bridgehead atoms. The van der Waals surface area contributed by atoms with Crippen LogP contribution >= 0.6 is 0 Å². The van der Waals surface area contributed by atoms with Crippen molar-refractivity contribution in [1.29, 1.82) is 0 Å². The largest absolute Gasteiger partial charge is 0.310 e. The molecular weight excluding hydrogens is 807 g/mol. The lowest BCUT2D eigenvalue weighted by atomic mass is 9.70. The molecule has 0 atom stereocenters. The summed E-state index contributed by atoms with van der Waals surface area (Å²) < 4.78 is 0. The van der Waals surface area contributed by atoms with Crippen LogP contribution in [0.4, 0.5) is 17.1 Å². The van der Waals surface area contributed by atoms with Gasteiger partial charge in [-0.05, 0) is 141 Å². The molecule has 1 heteroatoms. The van der Waals surface area contributed by atoms with Crippen LogP contribution in [0.15, 0.2) is 237 Å². The Bertz CT molecular complexity index is 3780. The first-order valence-electron chi connectivity index (χ1n) is 23.6. The van der Waals surface area contributed by atoms with Crippen LogP contribution in [0, 0.1) is 0 Å². The molecule has 14 rings (SSSR count). The van der Waals surface area contributed by atoms with E-state index in [1.807, 2.05) is 0 Å². The van der Waals surface area contributed by atoms with Gasteiger partial charge in [-0.3, -0.25) is 0 Å². The van der Waals surface area contributed by atoms with Crippen LogP contribution in [0.1, 0.15) is 47.2 Å². The molecule has 0 unspecified atom stereocenters. The molecule has 0 radical (unpaired) electrons. The molecule has 11 aromatic rings. The van der Waals surface area contributed by atoms with Crippen molar-refractivity contribution >= 4 is 38.6 Å². The van der Waals surface area contributed by atoms with E-state index in [-0.39, 0.29) is 5.41 Å². The van der Waals surface area contributed by atoms with Gasteiger partial charge in [0, 0.05) is 22.4 Å². The van der Waals surface area contributed by atoms with Crippen molar-refractivity contribution in [3.8, 4) is 55.6 Å². The molecule has 314 valence electrons. The Kier molecular flexibility index (Phi) is 8.02. The second-order valence-electron chi connectivity index (χ2n) is 19.1. The summed E-state index contributed by atoms with van der Waals surface area (Å²) in [7, 11) is 0. The van der Waals surface area contributed by atoms with Crippen molar-refractivity contribution in [2.45, 2.75) is 24.7 Å². The summed E-state index contributed by atoms with van der Waals surface area (Å²) in [5.74, 6) is 0. The molecule has 3 aliphatic rings. The minimum absolute atomic E-state index is 0.127. The van der Waals surface area contributed by atoms with Gasteiger partial charge in [-0.2, -0.15) is 0 Å². The average molecular weight is 852 g/mol. The van der Waals surface area contributed by atoms with Crippen molar-refractivity contribution in [2.75, 3.05) is 4.90 Å². The predicted molar refractivity (Wildman–Crippen MR) is 281 cm³/mol. The fraction of sp³-hybridized carbons (Fsp3) is 0.0606. The topological polar surface area (TPSA) is 3.24 Å². The molecule has 1 spiro atoms. The third-order valence-electron chi connectivity index (χ3n) is 15.4. The van der Waals surface area contributed by atoms with Crippen molar-refractivity contribution in [1.82, 2.24) is 0 Å². The van der Waals surface area contributed by atoms with Crippen LogP contribution in [0.3, 0.4) is 0 Å². The highest BCUT2D eigenvalue weighted by atomic mass is 15.1. The number of hydrogen-bond donors (Lipinski definition) is 0. The quantitative estimate of drug-likeness (QED) is 0.167. The van der Waals surface area contributed by atoms with E-state index in [1.54, 1.807) is 0 Å². The van der Waals surface area contributed by atoms with Gasteiger partial charge in [0.2, 0.25) is 0 Å². The second kappa shape index (κ2) is 14.1. The first-order chi connectivity index (χ1) is 33.0. The first-order valence-corrected chi connectivity index (χ1v) is 23.6. The van der Waals surface area contributed by atoms with E-state index in [4.69, 9.17) is 0 Å². The van der Waals surface area contributed by atoms with Crippen LogP contribution < -0.4 is 4.90 Å². The molecule has 67 heavy (non-hydrogen) atoms. The van der Waals surface area contributed by atoms with E-state index in [0.717, 1.165) is 17.1 Å². The Morgan fingerprint density at radius 2 is 0.761 bits per heavy atom. The maximum absolute atomic E-state index is 2.50. The molecule has 0 fully saturated rings. The Morgan fingerprint density at radius 1 is 0.313 bits per heavy atom. The summed E-state index contributed by atoms with van der Waals surface area (Å²) in [6.07, 6.45) is 0. The number of fused-ring (bicyclic) bond motifs is 16. The molecule has 3 aliphatic carbocycles. The minimum atomic E-state index is -0.441. The molecule has 0 heterocycles. The third kappa shape index (κ3) is 5.20. The minimum Gasteiger partial charge on any atom is -0.310 e. The Morgan fingerprint density at radius 3 is 1.42 bits per heavy atom. The lowest BCUT2D eigenvalue weighted by Gasteiger charge is -2.32. The van der Waals surface area contributed by atoms with Crippen LogP contribution in [0.2, 0.25) is 0 Å². The van der Waals surface area contributed by atoms with Gasteiger partial charge in [-0.25, -0.2) is 0 Å². The third-order valence-corrected chi connectivity index (χ3v) is 15.4. The van der Waals surface area contributed by atoms with Gasteiger partial charge in [0.05, 0.1) is 11.1 Å². The standard InChI is InChI=1S/C66H45N/c1-65(2)56-27-11-9-24-53(56)62-55(41-45-18-4-6-21-50(45)64(62)65)44-35-39-47(40-36-44)67(46-37-33-43(34-38-46)49-26-15-19-42-17-3-5-20-48(42)49)61-32-16-31-60-63(61)54-25-10-14-30-59(54)66(60)57-28-12-7-22-51(57)52-23-8-13-29-58(52)66/h3-41H,1-2H3. The maximum Gasteiger partial charge on any atom is 0.0726 e. The summed E-state index contributed by atoms with van der Waals surface area (Å²) in [5, 5.41) is 5.12. The van der Waals surface area contributed by atoms with Gasteiger partial charge in [-0.1, -0.05) is 214 Å². The number of nitrogens with zero attached hydrogens (tertiary/aromatic N) is 1. The van der Waals surface area contributed by atoms with Crippen molar-refractivity contribution in [3.05, 3.63) is 270 Å². The molecule has 0 saturated heterocycles. The van der Waals surface area contributed by atoms with Gasteiger partial charge in [0.1, 0.15) is 0 Å². The SMILES string of the molecule is CC1(C)c2ccccc2-c2c(-c3ccc(N(c4ccc(-c5cccc6ccccc56)cc4)c4cccc5c4-c4ccccc4C54c5ccccc5-c5ccccc54)cc3)cc3ccccc3c21. The summed E-state index contributed by atoms with van der Waals surface area (Å²) in [6.45, 7) is 4.79. The maximum atomic E-state index is 2.50. The van der Waals surface area contributed by atoms with E-state index in [9.17, 15) is 0 Å². The van der Waals surface area contributed by atoms with Crippen molar-refractivity contribution in [2.24, 2.45) is 0 Å². The molecule has 0 saturated carbocycles. The lowest BCUT2D eigenvalue weighted by molar-refractivity contribution is 0.666. The van der Waals surface area contributed by atoms with E-state index >= 15 is 0 Å². The highest BCUT2D eigenvalue weighted by Crippen LogP contribution is 2.65. The molecule has 0 aromatic heterocycles. The van der Waals surface area contributed by atoms with E-state index in [1.165, 1.54) is 111 Å². The summed E-state index contributed by atoms with van der Waals surface area (Å²) in [6, 6.07) is 88.6. The van der Waals surface area contributed by atoms with Crippen LogP contribution in [-0.2, 0) is 10.8 Å². The molecule has 0 amide bonds. The van der Waals surface area contributed by atoms with E-state index in [2.05, 4.69) is 255 Å². The van der Waals surface area contributed by atoms with Crippen molar-refractivity contribution in [3.63, 3.8) is 0 Å². The number of anilines is 3. The summed E-state index contributed by atoms with van der Waals surface area (Å²) >= 11 is 0. The van der Waals surface area contributed by atoms with Crippen LogP contribution in [0.5, 0.6) is 0 Å². The van der Waals surface area contributed by atoms with Crippen molar-refractivity contribution < 1.29 is 0 Å². The van der Waals surface area contributed by atoms with E-state index in [0.29, 0.717) is 0 Å². The highest BCUT2D eigenvalue weighted by molar-refractivity contribution is 6.06. The summed E-state index contributed by atoms with van der Waals surface area (Å²) in [5.41, 5.74) is 23.8. The second-order valence-corrected chi connectivity index (χ2v) is 19.1. The summed E-state index contributed by atoms with van der Waals surface area (Å²) in [4.78, 5) is 2.50. The molecule has 0 N–H and O–H groups in total. The first kappa shape index (κ1) is 38.1. The fourth-order valence-electron chi connectivity index (χ4n) is 12.7. The number of benzene rings is 11. The monoisotopic (exact) mass is 851 g/mol. The van der Waals surface area contributed by atoms with Gasteiger partial charge in [-0.15, -0.1) is 0 Å². The smallest absolute Gasteiger partial charge is 0.0726 e. The zero-order valence-corrected chi connectivity index (χ0v) is 37.5. The zero-order valence-electron chi connectivity index (χ0n) is 37.5. The lowest BCUT2D eigenvalue weighted by Crippen LogP contribution is -2.26. The molecule has 0 aliphatic heterocycles.